The molecule has 0 atom stereocenters. The molecule has 0 spiro atoms. The number of carbonyl (C=O) groups is 1. The zero-order valence-corrected chi connectivity index (χ0v) is 11.2. The third-order valence-corrected chi connectivity index (χ3v) is 3.39. The molecule has 2 N–H and O–H groups in total. The Hall–Kier alpha value is -1.84. The normalized spacial score (nSPS) is 15.8. The molecule has 102 valence electrons. The summed E-state index contributed by atoms with van der Waals surface area (Å²) in [7, 11) is 0. The van der Waals surface area contributed by atoms with Crippen molar-refractivity contribution in [2.24, 2.45) is 0 Å². The van der Waals surface area contributed by atoms with Crippen LogP contribution in [0.15, 0.2) is 29.1 Å². The molecule has 1 saturated carbocycles. The van der Waals surface area contributed by atoms with Crippen molar-refractivity contribution in [1.82, 2.24) is 0 Å². The highest BCUT2D eigenvalue weighted by Crippen LogP contribution is 2.20. The molecule has 1 aliphatic carbocycles. The first-order valence-corrected chi connectivity index (χ1v) is 6.83. The Bertz CT molecular complexity index is 508. The maximum absolute atomic E-state index is 12.0. The number of anilines is 2. The molecule has 0 bridgehead atoms. The molecule has 19 heavy (non-hydrogen) atoms. The molecule has 0 unspecified atom stereocenters. The summed E-state index contributed by atoms with van der Waals surface area (Å²) < 4.78 is 0. The van der Waals surface area contributed by atoms with Gasteiger partial charge in [0.25, 0.3) is 0 Å². The molecular weight excluding hydrogens is 240 g/mol. The van der Waals surface area contributed by atoms with E-state index >= 15 is 0 Å². The third-order valence-electron chi connectivity index (χ3n) is 3.39. The van der Waals surface area contributed by atoms with Crippen molar-refractivity contribution in [3.8, 4) is 0 Å². The molecule has 0 radical (unpaired) electrons. The SMILES string of the molecule is CC(=O)Nc1ccc(NC2CCCCC2)c(=O)cc1. The van der Waals surface area contributed by atoms with Gasteiger partial charge in [0.2, 0.25) is 11.3 Å². The Morgan fingerprint density at radius 3 is 2.47 bits per heavy atom. The standard InChI is InChI=1S/C15H20N2O2/c1-11(18)16-13-7-9-14(15(19)10-8-13)17-12-5-3-2-4-6-12/h7-10,12H,2-6H2,1H3,(H,16,18)(H,17,19). The average Bonchev–Trinajstić information content (AvgIpc) is 2.55. The Labute approximate surface area is 113 Å². The van der Waals surface area contributed by atoms with Crippen LogP contribution in [-0.2, 0) is 4.79 Å². The van der Waals surface area contributed by atoms with E-state index in [-0.39, 0.29) is 11.3 Å². The molecule has 0 saturated heterocycles. The highest BCUT2D eigenvalue weighted by molar-refractivity contribution is 5.88. The summed E-state index contributed by atoms with van der Waals surface area (Å²) in [5.41, 5.74) is 1.21. The molecule has 0 heterocycles. The van der Waals surface area contributed by atoms with Crippen molar-refractivity contribution in [2.45, 2.75) is 45.1 Å². The summed E-state index contributed by atoms with van der Waals surface area (Å²) in [6.45, 7) is 1.45. The number of carbonyl (C=O) groups excluding carboxylic acids is 1. The zero-order chi connectivity index (χ0) is 13.7. The number of nitrogens with one attached hydrogen (secondary N) is 2. The van der Waals surface area contributed by atoms with Gasteiger partial charge in [-0.25, -0.2) is 0 Å². The van der Waals surface area contributed by atoms with E-state index in [4.69, 9.17) is 0 Å². The van der Waals surface area contributed by atoms with Gasteiger partial charge in [0, 0.05) is 18.7 Å². The molecule has 1 aromatic rings. The Morgan fingerprint density at radius 1 is 1.11 bits per heavy atom. The number of hydrogen-bond acceptors (Lipinski definition) is 3. The van der Waals surface area contributed by atoms with Gasteiger partial charge in [-0.1, -0.05) is 19.3 Å². The first-order valence-electron chi connectivity index (χ1n) is 6.83. The van der Waals surface area contributed by atoms with Crippen molar-refractivity contribution in [2.75, 3.05) is 10.6 Å². The second kappa shape index (κ2) is 6.36. The lowest BCUT2D eigenvalue weighted by molar-refractivity contribution is -0.114. The second-order valence-electron chi connectivity index (χ2n) is 5.06. The van der Waals surface area contributed by atoms with Gasteiger partial charge >= 0.3 is 0 Å². The van der Waals surface area contributed by atoms with Gasteiger partial charge in [-0.15, -0.1) is 0 Å². The van der Waals surface area contributed by atoms with Crippen LogP contribution in [-0.4, -0.2) is 11.9 Å². The molecule has 0 aromatic heterocycles. The summed E-state index contributed by atoms with van der Waals surface area (Å²) in [5, 5.41) is 6.00. The molecule has 1 aromatic carbocycles. The highest BCUT2D eigenvalue weighted by atomic mass is 16.1. The predicted molar refractivity (Wildman–Crippen MR) is 77.5 cm³/mol. The minimum Gasteiger partial charge on any atom is -0.379 e. The fourth-order valence-corrected chi connectivity index (χ4v) is 2.44. The summed E-state index contributed by atoms with van der Waals surface area (Å²) in [6, 6.07) is 7.04. The fourth-order valence-electron chi connectivity index (χ4n) is 2.44. The van der Waals surface area contributed by atoms with Crippen LogP contribution < -0.4 is 16.1 Å². The van der Waals surface area contributed by atoms with E-state index in [0.717, 1.165) is 12.8 Å². The van der Waals surface area contributed by atoms with Crippen LogP contribution in [0, 0.1) is 0 Å². The molecule has 1 amide bonds. The van der Waals surface area contributed by atoms with Gasteiger partial charge in [-0.3, -0.25) is 9.59 Å². The summed E-state index contributed by atoms with van der Waals surface area (Å²) in [6.07, 6.45) is 5.98. The Kier molecular flexibility index (Phi) is 4.55. The van der Waals surface area contributed by atoms with Crippen LogP contribution >= 0.6 is 0 Å². The number of rotatable bonds is 3. The molecule has 2 rings (SSSR count). The van der Waals surface area contributed by atoms with Gasteiger partial charge in [-0.2, -0.15) is 0 Å². The minimum atomic E-state index is -0.138. The van der Waals surface area contributed by atoms with Crippen molar-refractivity contribution in [3.05, 3.63) is 34.5 Å². The van der Waals surface area contributed by atoms with Gasteiger partial charge in [0.15, 0.2) is 0 Å². The van der Waals surface area contributed by atoms with E-state index in [2.05, 4.69) is 10.6 Å². The van der Waals surface area contributed by atoms with Crippen LogP contribution in [0.2, 0.25) is 0 Å². The van der Waals surface area contributed by atoms with E-state index < -0.39 is 0 Å². The van der Waals surface area contributed by atoms with E-state index in [0.29, 0.717) is 17.4 Å². The molecular formula is C15H20N2O2. The van der Waals surface area contributed by atoms with Crippen molar-refractivity contribution < 1.29 is 4.79 Å². The highest BCUT2D eigenvalue weighted by Gasteiger charge is 2.13. The summed E-state index contributed by atoms with van der Waals surface area (Å²) >= 11 is 0. The monoisotopic (exact) mass is 260 g/mol. The average molecular weight is 260 g/mol. The molecule has 1 aliphatic rings. The first-order chi connectivity index (χ1) is 9.15. The van der Waals surface area contributed by atoms with Crippen LogP contribution in [0.3, 0.4) is 0 Å². The summed E-state index contributed by atoms with van der Waals surface area (Å²) in [5.74, 6) is -0.138. The van der Waals surface area contributed by atoms with Crippen LogP contribution in [0.5, 0.6) is 0 Å². The largest absolute Gasteiger partial charge is 0.379 e. The van der Waals surface area contributed by atoms with Gasteiger partial charge < -0.3 is 10.6 Å². The van der Waals surface area contributed by atoms with Gasteiger partial charge in [0.1, 0.15) is 0 Å². The van der Waals surface area contributed by atoms with Crippen LogP contribution in [0.1, 0.15) is 39.0 Å². The van der Waals surface area contributed by atoms with Crippen LogP contribution in [0.4, 0.5) is 11.4 Å². The Balaban J connectivity index is 2.14. The molecule has 1 fully saturated rings. The third kappa shape index (κ3) is 4.09. The van der Waals surface area contributed by atoms with E-state index in [1.807, 2.05) is 0 Å². The first kappa shape index (κ1) is 13.6. The minimum absolute atomic E-state index is 0.0397. The van der Waals surface area contributed by atoms with Crippen molar-refractivity contribution >= 4 is 17.3 Å². The molecule has 4 heteroatoms. The summed E-state index contributed by atoms with van der Waals surface area (Å²) in [4.78, 5) is 23.0. The Morgan fingerprint density at radius 2 is 1.79 bits per heavy atom. The zero-order valence-electron chi connectivity index (χ0n) is 11.2. The second-order valence-corrected chi connectivity index (χ2v) is 5.06. The van der Waals surface area contributed by atoms with E-state index in [1.165, 1.54) is 32.3 Å². The smallest absolute Gasteiger partial charge is 0.221 e. The molecule has 4 nitrogen and oxygen atoms in total. The number of hydrogen-bond donors (Lipinski definition) is 2. The van der Waals surface area contributed by atoms with Crippen LogP contribution in [0.25, 0.3) is 0 Å². The lowest BCUT2D eigenvalue weighted by atomic mass is 9.95. The molecule has 0 aliphatic heterocycles. The number of amides is 1. The lowest BCUT2D eigenvalue weighted by Crippen LogP contribution is -2.24. The van der Waals surface area contributed by atoms with Gasteiger partial charge in [0.05, 0.1) is 5.69 Å². The van der Waals surface area contributed by atoms with Gasteiger partial charge in [-0.05, 0) is 37.1 Å². The van der Waals surface area contributed by atoms with E-state index in [9.17, 15) is 9.59 Å². The van der Waals surface area contributed by atoms with Crippen molar-refractivity contribution in [1.29, 1.82) is 0 Å². The maximum Gasteiger partial charge on any atom is 0.221 e. The van der Waals surface area contributed by atoms with Crippen molar-refractivity contribution in [3.63, 3.8) is 0 Å². The topological polar surface area (TPSA) is 58.2 Å². The quantitative estimate of drug-likeness (QED) is 0.878. The lowest BCUT2D eigenvalue weighted by Gasteiger charge is -2.23. The maximum atomic E-state index is 12.0. The predicted octanol–water partition coefficient (Wildman–Crippen LogP) is 2.75. The fraction of sp³-hybridized carbons (Fsp3) is 0.467. The van der Waals surface area contributed by atoms with E-state index in [1.54, 1.807) is 18.2 Å².